The molecule has 1 atom stereocenters. The molecule has 2 fully saturated rings. The summed E-state index contributed by atoms with van der Waals surface area (Å²) in [5.74, 6) is -2.42. The number of likely N-dealkylation sites (tertiary alicyclic amines) is 1. The quantitative estimate of drug-likeness (QED) is 0.901. The van der Waals surface area contributed by atoms with Crippen LogP contribution in [0, 0.1) is 11.6 Å². The maximum Gasteiger partial charge on any atom is 0.246 e. The van der Waals surface area contributed by atoms with E-state index in [0.29, 0.717) is 0 Å². The molecule has 2 aliphatic rings. The molecule has 1 saturated heterocycles. The SMILES string of the molecule is O=C1CC(NS(=O)(=O)c2c(F)cccc2F)CN1C1CC1. The molecule has 8 heteroatoms. The molecule has 1 amide bonds. The molecule has 3 rings (SSSR count). The molecule has 0 aromatic heterocycles. The second-order valence-corrected chi connectivity index (χ2v) is 7.00. The number of hydrogen-bond donors (Lipinski definition) is 1. The van der Waals surface area contributed by atoms with Crippen LogP contribution in [-0.4, -0.2) is 37.9 Å². The van der Waals surface area contributed by atoms with Crippen LogP contribution in [0.1, 0.15) is 19.3 Å². The van der Waals surface area contributed by atoms with Crippen molar-refractivity contribution in [3.8, 4) is 0 Å². The van der Waals surface area contributed by atoms with Gasteiger partial charge in [-0.3, -0.25) is 4.79 Å². The number of carbonyl (C=O) groups excluding carboxylic acids is 1. The first-order valence-electron chi connectivity index (χ1n) is 6.64. The molecule has 1 aromatic rings. The first-order chi connectivity index (χ1) is 9.88. The second kappa shape index (κ2) is 5.03. The van der Waals surface area contributed by atoms with Crippen LogP contribution in [0.5, 0.6) is 0 Å². The fourth-order valence-electron chi connectivity index (χ4n) is 2.57. The zero-order valence-corrected chi connectivity index (χ0v) is 11.9. The third kappa shape index (κ3) is 2.77. The first-order valence-corrected chi connectivity index (χ1v) is 8.12. The Morgan fingerprint density at radius 1 is 1.19 bits per heavy atom. The topological polar surface area (TPSA) is 66.5 Å². The summed E-state index contributed by atoms with van der Waals surface area (Å²) in [4.78, 5) is 12.4. The Morgan fingerprint density at radius 3 is 2.38 bits per heavy atom. The predicted octanol–water partition coefficient (Wildman–Crippen LogP) is 1.01. The minimum absolute atomic E-state index is 0.0196. The second-order valence-electron chi connectivity index (χ2n) is 5.35. The van der Waals surface area contributed by atoms with E-state index >= 15 is 0 Å². The van der Waals surface area contributed by atoms with Crippen molar-refractivity contribution in [2.45, 2.75) is 36.2 Å². The molecule has 0 spiro atoms. The van der Waals surface area contributed by atoms with Gasteiger partial charge in [0.2, 0.25) is 15.9 Å². The van der Waals surface area contributed by atoms with Crippen LogP contribution >= 0.6 is 0 Å². The fourth-order valence-corrected chi connectivity index (χ4v) is 3.93. The molecule has 1 saturated carbocycles. The van der Waals surface area contributed by atoms with Gasteiger partial charge >= 0.3 is 0 Å². The van der Waals surface area contributed by atoms with E-state index in [1.54, 1.807) is 4.90 Å². The van der Waals surface area contributed by atoms with E-state index in [1.807, 2.05) is 0 Å². The van der Waals surface area contributed by atoms with Crippen molar-refractivity contribution in [3.63, 3.8) is 0 Å². The Kier molecular flexibility index (Phi) is 3.45. The summed E-state index contributed by atoms with van der Waals surface area (Å²) in [6.45, 7) is 0.249. The molecule has 1 aliphatic carbocycles. The Bertz CT molecular complexity index is 668. The summed E-state index contributed by atoms with van der Waals surface area (Å²) in [6.07, 6.45) is 1.87. The van der Waals surface area contributed by atoms with Gasteiger partial charge in [-0.2, -0.15) is 0 Å². The lowest BCUT2D eigenvalue weighted by Crippen LogP contribution is -2.38. The van der Waals surface area contributed by atoms with Crippen LogP contribution in [-0.2, 0) is 14.8 Å². The zero-order valence-electron chi connectivity index (χ0n) is 11.1. The molecule has 1 aliphatic heterocycles. The van der Waals surface area contributed by atoms with Crippen LogP contribution in [0.3, 0.4) is 0 Å². The monoisotopic (exact) mass is 316 g/mol. The van der Waals surface area contributed by atoms with E-state index in [1.165, 1.54) is 0 Å². The average Bonchev–Trinajstić information content (AvgIpc) is 3.13. The number of halogens is 2. The highest BCUT2D eigenvalue weighted by molar-refractivity contribution is 7.89. The maximum absolute atomic E-state index is 13.6. The number of sulfonamides is 1. The number of nitrogens with zero attached hydrogens (tertiary/aromatic N) is 1. The average molecular weight is 316 g/mol. The van der Waals surface area contributed by atoms with E-state index in [0.717, 1.165) is 31.0 Å². The summed E-state index contributed by atoms with van der Waals surface area (Å²) in [7, 11) is -4.34. The van der Waals surface area contributed by atoms with Crippen molar-refractivity contribution in [2.24, 2.45) is 0 Å². The van der Waals surface area contributed by atoms with Crippen molar-refractivity contribution in [1.29, 1.82) is 0 Å². The number of amides is 1. The van der Waals surface area contributed by atoms with Gasteiger partial charge in [0.05, 0.1) is 0 Å². The number of hydrogen-bond acceptors (Lipinski definition) is 3. The molecule has 0 radical (unpaired) electrons. The smallest absolute Gasteiger partial charge is 0.246 e. The van der Waals surface area contributed by atoms with E-state index in [4.69, 9.17) is 0 Å². The number of rotatable bonds is 4. The lowest BCUT2D eigenvalue weighted by Gasteiger charge is -2.16. The fraction of sp³-hybridized carbons (Fsp3) is 0.462. The van der Waals surface area contributed by atoms with Crippen LogP contribution in [0.15, 0.2) is 23.1 Å². The lowest BCUT2D eigenvalue weighted by molar-refractivity contribution is -0.128. The molecule has 5 nitrogen and oxygen atoms in total. The van der Waals surface area contributed by atoms with E-state index < -0.39 is 32.6 Å². The van der Waals surface area contributed by atoms with Crippen LogP contribution in [0.4, 0.5) is 8.78 Å². The Labute approximate surface area is 121 Å². The molecule has 1 heterocycles. The Morgan fingerprint density at radius 2 is 1.81 bits per heavy atom. The standard InChI is InChI=1S/C13H14F2N2O3S/c14-10-2-1-3-11(15)13(10)21(19,20)16-8-6-12(18)17(7-8)9-4-5-9/h1-3,8-9,16H,4-7H2. The summed E-state index contributed by atoms with van der Waals surface area (Å²) in [5.41, 5.74) is 0. The minimum Gasteiger partial charge on any atom is -0.338 e. The number of carbonyl (C=O) groups is 1. The van der Waals surface area contributed by atoms with Gasteiger partial charge in [-0.1, -0.05) is 6.07 Å². The van der Waals surface area contributed by atoms with E-state index in [2.05, 4.69) is 4.72 Å². The molecular formula is C13H14F2N2O3S. The zero-order chi connectivity index (χ0) is 15.2. The van der Waals surface area contributed by atoms with Gasteiger partial charge in [-0.15, -0.1) is 0 Å². The number of nitrogens with one attached hydrogen (secondary N) is 1. The summed E-state index contributed by atoms with van der Waals surface area (Å²) in [6, 6.07) is 2.40. The molecule has 1 aromatic carbocycles. The maximum atomic E-state index is 13.6. The molecular weight excluding hydrogens is 302 g/mol. The van der Waals surface area contributed by atoms with Gasteiger partial charge in [0.1, 0.15) is 11.6 Å². The molecule has 21 heavy (non-hydrogen) atoms. The molecule has 0 bridgehead atoms. The van der Waals surface area contributed by atoms with Gasteiger partial charge in [-0.25, -0.2) is 21.9 Å². The molecule has 114 valence electrons. The first kappa shape index (κ1) is 14.4. The van der Waals surface area contributed by atoms with Gasteiger partial charge in [0.15, 0.2) is 4.90 Å². The van der Waals surface area contributed by atoms with Crippen LogP contribution in [0.2, 0.25) is 0 Å². The summed E-state index contributed by atoms with van der Waals surface area (Å²) in [5, 5.41) is 0. The third-order valence-electron chi connectivity index (χ3n) is 3.66. The lowest BCUT2D eigenvalue weighted by atomic mass is 10.3. The predicted molar refractivity (Wildman–Crippen MR) is 69.8 cm³/mol. The van der Waals surface area contributed by atoms with Gasteiger partial charge < -0.3 is 4.90 Å². The van der Waals surface area contributed by atoms with Crippen LogP contribution in [0.25, 0.3) is 0 Å². The van der Waals surface area contributed by atoms with Crippen molar-refractivity contribution in [1.82, 2.24) is 9.62 Å². The Balaban J connectivity index is 1.79. The highest BCUT2D eigenvalue weighted by Crippen LogP contribution is 2.31. The Hall–Kier alpha value is -1.54. The normalized spacial score (nSPS) is 22.9. The molecule has 1 N–H and O–H groups in total. The van der Waals surface area contributed by atoms with Gasteiger partial charge in [0.25, 0.3) is 0 Å². The molecule has 1 unspecified atom stereocenters. The van der Waals surface area contributed by atoms with Crippen LogP contribution < -0.4 is 4.72 Å². The minimum atomic E-state index is -4.34. The highest BCUT2D eigenvalue weighted by Gasteiger charge is 2.41. The third-order valence-corrected chi connectivity index (χ3v) is 5.23. The largest absolute Gasteiger partial charge is 0.338 e. The van der Waals surface area contributed by atoms with Crippen molar-refractivity contribution in [3.05, 3.63) is 29.8 Å². The van der Waals surface area contributed by atoms with Gasteiger partial charge in [-0.05, 0) is 25.0 Å². The summed E-state index contributed by atoms with van der Waals surface area (Å²) >= 11 is 0. The highest BCUT2D eigenvalue weighted by atomic mass is 32.2. The van der Waals surface area contributed by atoms with Crippen molar-refractivity contribution < 1.29 is 22.0 Å². The van der Waals surface area contributed by atoms with Crippen molar-refractivity contribution in [2.75, 3.05) is 6.54 Å². The summed E-state index contributed by atoms with van der Waals surface area (Å²) < 4.78 is 53.6. The van der Waals surface area contributed by atoms with Crippen molar-refractivity contribution >= 4 is 15.9 Å². The van der Waals surface area contributed by atoms with Gasteiger partial charge in [0, 0.05) is 25.0 Å². The van der Waals surface area contributed by atoms with E-state index in [9.17, 15) is 22.0 Å². The van der Waals surface area contributed by atoms with E-state index in [-0.39, 0.29) is 24.9 Å². The number of benzene rings is 1.